The maximum Gasteiger partial charge on any atom is 0.106 e. The summed E-state index contributed by atoms with van der Waals surface area (Å²) >= 11 is 1.65. The second kappa shape index (κ2) is 7.90. The first-order valence-corrected chi connectivity index (χ1v) is 10.9. The lowest BCUT2D eigenvalue weighted by Crippen LogP contribution is -2.13. The van der Waals surface area contributed by atoms with Crippen LogP contribution in [0.1, 0.15) is 67.2 Å². The van der Waals surface area contributed by atoms with Crippen LogP contribution in [-0.4, -0.2) is 0 Å². The Balaban J connectivity index is 1.36. The molecule has 1 aromatic rings. The molecular weight excluding hydrogens is 324 g/mol. The molecule has 0 radical (unpaired) electrons. The van der Waals surface area contributed by atoms with Crippen molar-refractivity contribution in [2.75, 3.05) is 5.32 Å². The second-order valence-corrected chi connectivity index (χ2v) is 8.50. The molecule has 1 aromatic carbocycles. The highest BCUT2D eigenvalue weighted by atomic mass is 32.2. The van der Waals surface area contributed by atoms with Gasteiger partial charge in [-0.2, -0.15) is 0 Å². The van der Waals surface area contributed by atoms with E-state index in [-0.39, 0.29) is 0 Å². The second-order valence-electron chi connectivity index (χ2n) is 7.78. The molecule has 0 bridgehead atoms. The average Bonchev–Trinajstić information content (AvgIpc) is 3.28. The molecule has 0 unspecified atom stereocenters. The van der Waals surface area contributed by atoms with E-state index in [1.54, 1.807) is 34.2 Å². The summed E-state index contributed by atoms with van der Waals surface area (Å²) in [5.74, 6) is 1.69. The lowest BCUT2D eigenvalue weighted by atomic mass is 9.90. The van der Waals surface area contributed by atoms with Gasteiger partial charge in [0.05, 0.1) is 0 Å². The van der Waals surface area contributed by atoms with Gasteiger partial charge in [-0.3, -0.25) is 0 Å². The van der Waals surface area contributed by atoms with Crippen LogP contribution in [0.2, 0.25) is 0 Å². The van der Waals surface area contributed by atoms with Crippen molar-refractivity contribution in [1.82, 2.24) is 4.72 Å². The van der Waals surface area contributed by atoms with Crippen molar-refractivity contribution in [3.05, 3.63) is 52.2 Å². The quantitative estimate of drug-likeness (QED) is 0.624. The van der Waals surface area contributed by atoms with E-state index in [0.29, 0.717) is 0 Å². The molecule has 0 heterocycles. The molecular formula is C22H30N2S. The first kappa shape index (κ1) is 17.1. The largest absolute Gasteiger partial charge is 0.341 e. The summed E-state index contributed by atoms with van der Waals surface area (Å²) in [6.07, 6.45) is 16.8. The monoisotopic (exact) mass is 354 g/mol. The number of nitrogens with one attached hydrogen (secondary N) is 2. The van der Waals surface area contributed by atoms with Crippen LogP contribution in [-0.2, 0) is 25.7 Å². The number of rotatable bonds is 6. The van der Waals surface area contributed by atoms with Crippen molar-refractivity contribution < 1.29 is 0 Å². The van der Waals surface area contributed by atoms with E-state index in [1.807, 2.05) is 0 Å². The van der Waals surface area contributed by atoms with Crippen molar-refractivity contribution in [3.63, 3.8) is 0 Å². The van der Waals surface area contributed by atoms with Gasteiger partial charge in [-0.05, 0) is 96.9 Å². The molecule has 3 aliphatic carbocycles. The van der Waals surface area contributed by atoms with Gasteiger partial charge in [0.25, 0.3) is 0 Å². The molecule has 25 heavy (non-hydrogen) atoms. The third kappa shape index (κ3) is 3.92. The SMILES string of the molecule is C=C(NS/C=C/C1CCCCC1)Nc1c2c(cc3c1CCC3)CCC2. The van der Waals surface area contributed by atoms with Crippen molar-refractivity contribution in [2.45, 2.75) is 70.6 Å². The molecule has 0 aliphatic heterocycles. The highest BCUT2D eigenvalue weighted by Crippen LogP contribution is 2.39. The fraction of sp³-hybridized carbons (Fsp3) is 0.545. The average molecular weight is 355 g/mol. The van der Waals surface area contributed by atoms with Crippen molar-refractivity contribution >= 4 is 17.6 Å². The summed E-state index contributed by atoms with van der Waals surface area (Å²) in [4.78, 5) is 0. The summed E-state index contributed by atoms with van der Waals surface area (Å²) < 4.78 is 3.38. The van der Waals surface area contributed by atoms with Gasteiger partial charge < -0.3 is 10.0 Å². The molecule has 1 saturated carbocycles. The summed E-state index contributed by atoms with van der Waals surface area (Å²) in [7, 11) is 0. The Morgan fingerprint density at radius 2 is 1.64 bits per heavy atom. The fourth-order valence-corrected chi connectivity index (χ4v) is 5.29. The zero-order valence-corrected chi connectivity index (χ0v) is 16.0. The number of fused-ring (bicyclic) bond motifs is 2. The molecule has 0 amide bonds. The van der Waals surface area contributed by atoms with E-state index in [2.05, 4.69) is 34.2 Å². The molecule has 2 nitrogen and oxygen atoms in total. The van der Waals surface area contributed by atoms with Crippen LogP contribution in [0.4, 0.5) is 5.69 Å². The minimum Gasteiger partial charge on any atom is -0.341 e. The summed E-state index contributed by atoms with van der Waals surface area (Å²) in [6, 6.07) is 2.48. The zero-order valence-electron chi connectivity index (χ0n) is 15.2. The number of anilines is 1. The molecule has 0 atom stereocenters. The number of benzene rings is 1. The van der Waals surface area contributed by atoms with Crippen LogP contribution in [0.5, 0.6) is 0 Å². The van der Waals surface area contributed by atoms with Crippen molar-refractivity contribution in [3.8, 4) is 0 Å². The minimum absolute atomic E-state index is 0.782. The van der Waals surface area contributed by atoms with E-state index in [0.717, 1.165) is 11.7 Å². The first-order valence-electron chi connectivity index (χ1n) is 10.0. The van der Waals surface area contributed by atoms with Crippen LogP contribution < -0.4 is 10.0 Å². The number of aryl methyl sites for hydroxylation is 2. The Morgan fingerprint density at radius 3 is 2.32 bits per heavy atom. The van der Waals surface area contributed by atoms with Crippen LogP contribution in [0, 0.1) is 5.92 Å². The Labute approximate surface area is 156 Å². The first-order chi connectivity index (χ1) is 12.3. The standard InChI is InChI=1S/C22H30N2S/c1-16(24-25-14-13-17-7-3-2-4-8-17)23-22-20-11-5-9-18(20)15-19-10-6-12-21(19)22/h13-15,17,23-24H,1-12H2/b14-13+. The summed E-state index contributed by atoms with van der Waals surface area (Å²) in [5, 5.41) is 5.83. The smallest absolute Gasteiger partial charge is 0.106 e. The van der Waals surface area contributed by atoms with Crippen molar-refractivity contribution in [2.24, 2.45) is 5.92 Å². The highest BCUT2D eigenvalue weighted by molar-refractivity contribution is 8.00. The molecule has 1 fully saturated rings. The van der Waals surface area contributed by atoms with E-state index in [1.165, 1.54) is 76.3 Å². The van der Waals surface area contributed by atoms with Crippen LogP contribution >= 0.6 is 11.9 Å². The third-order valence-electron chi connectivity index (χ3n) is 6.00. The van der Waals surface area contributed by atoms with E-state index in [9.17, 15) is 0 Å². The molecule has 134 valence electrons. The predicted molar refractivity (Wildman–Crippen MR) is 110 cm³/mol. The van der Waals surface area contributed by atoms with Gasteiger partial charge in [-0.1, -0.05) is 38.0 Å². The molecule has 3 heteroatoms. The predicted octanol–water partition coefficient (Wildman–Crippen LogP) is 5.88. The summed E-state index contributed by atoms with van der Waals surface area (Å²) in [6.45, 7) is 4.21. The van der Waals surface area contributed by atoms with Gasteiger partial charge in [0.1, 0.15) is 5.82 Å². The Hall–Kier alpha value is -1.35. The molecule has 0 spiro atoms. The molecule has 4 rings (SSSR count). The fourth-order valence-electron chi connectivity index (χ4n) is 4.73. The van der Waals surface area contributed by atoms with E-state index in [4.69, 9.17) is 0 Å². The normalized spacial score (nSPS) is 19.8. The Kier molecular flexibility index (Phi) is 5.40. The van der Waals surface area contributed by atoms with Gasteiger partial charge in [-0.25, -0.2) is 0 Å². The van der Waals surface area contributed by atoms with Crippen LogP contribution in [0.25, 0.3) is 0 Å². The Morgan fingerprint density at radius 1 is 0.960 bits per heavy atom. The maximum absolute atomic E-state index is 4.21. The molecule has 0 aromatic heterocycles. The molecule has 2 N–H and O–H groups in total. The van der Waals surface area contributed by atoms with Crippen molar-refractivity contribution in [1.29, 1.82) is 0 Å². The lowest BCUT2D eigenvalue weighted by Gasteiger charge is -2.19. The minimum atomic E-state index is 0.782. The van der Waals surface area contributed by atoms with Crippen LogP contribution in [0.3, 0.4) is 0 Å². The molecule has 0 saturated heterocycles. The number of hydrogen-bond acceptors (Lipinski definition) is 3. The highest BCUT2D eigenvalue weighted by Gasteiger charge is 2.24. The van der Waals surface area contributed by atoms with Gasteiger partial charge in [-0.15, -0.1) is 0 Å². The van der Waals surface area contributed by atoms with Crippen LogP contribution in [0.15, 0.2) is 30.0 Å². The van der Waals surface area contributed by atoms with Gasteiger partial charge in [0.15, 0.2) is 0 Å². The Bertz CT molecular complexity index is 639. The summed E-state index contributed by atoms with van der Waals surface area (Å²) in [5.41, 5.74) is 7.61. The van der Waals surface area contributed by atoms with Gasteiger partial charge >= 0.3 is 0 Å². The van der Waals surface area contributed by atoms with Gasteiger partial charge in [0.2, 0.25) is 0 Å². The lowest BCUT2D eigenvalue weighted by molar-refractivity contribution is 0.420. The number of allylic oxidation sites excluding steroid dienone is 1. The maximum atomic E-state index is 4.21. The molecule has 3 aliphatic rings. The third-order valence-corrected chi connectivity index (χ3v) is 6.66. The number of hydrogen-bond donors (Lipinski definition) is 2. The zero-order chi connectivity index (χ0) is 17.1. The van der Waals surface area contributed by atoms with E-state index < -0.39 is 0 Å². The topological polar surface area (TPSA) is 24.1 Å². The van der Waals surface area contributed by atoms with Gasteiger partial charge in [0, 0.05) is 5.69 Å². The van der Waals surface area contributed by atoms with E-state index >= 15 is 0 Å².